The van der Waals surface area contributed by atoms with Gasteiger partial charge in [0, 0.05) is 18.3 Å². The number of carboxylic acids is 1. The van der Waals surface area contributed by atoms with Gasteiger partial charge < -0.3 is 9.67 Å². The van der Waals surface area contributed by atoms with E-state index in [-0.39, 0.29) is 0 Å². The second-order valence-corrected chi connectivity index (χ2v) is 3.97. The Hall–Kier alpha value is -1.62. The summed E-state index contributed by atoms with van der Waals surface area (Å²) in [6.07, 6.45) is 3.56. The fourth-order valence-corrected chi connectivity index (χ4v) is 2.09. The van der Waals surface area contributed by atoms with Gasteiger partial charge in [-0.25, -0.2) is 9.78 Å². The number of carbonyl (C=O) groups is 1. The molecule has 5 heteroatoms. The number of nitrogens with zero attached hydrogens (tertiary/aromatic N) is 2. The minimum Gasteiger partial charge on any atom is -0.477 e. The highest BCUT2D eigenvalue weighted by atomic mass is 32.1. The van der Waals surface area contributed by atoms with E-state index in [9.17, 15) is 4.79 Å². The Kier molecular flexibility index (Phi) is 2.55. The largest absolute Gasteiger partial charge is 0.477 e. The molecule has 2 heterocycles. The van der Waals surface area contributed by atoms with Crippen LogP contribution in [0, 0.1) is 0 Å². The van der Waals surface area contributed by atoms with Crippen molar-refractivity contribution in [1.29, 1.82) is 0 Å². The fraction of sp³-hybridized carbons (Fsp3) is 0.200. The molecule has 0 aliphatic heterocycles. The standard InChI is InChI=1S/C10H10N2O2S/c1-2-12-5-8(11-6-12)7-3-4-15-9(7)10(13)14/h3-6H,2H2,1H3,(H,13,14). The van der Waals surface area contributed by atoms with Gasteiger partial charge in [0.2, 0.25) is 0 Å². The topological polar surface area (TPSA) is 55.1 Å². The molecule has 0 atom stereocenters. The van der Waals surface area contributed by atoms with Crippen molar-refractivity contribution in [1.82, 2.24) is 9.55 Å². The highest BCUT2D eigenvalue weighted by Crippen LogP contribution is 2.26. The maximum atomic E-state index is 10.9. The van der Waals surface area contributed by atoms with Gasteiger partial charge in [-0.15, -0.1) is 11.3 Å². The number of aryl methyl sites for hydroxylation is 1. The van der Waals surface area contributed by atoms with Crippen molar-refractivity contribution in [2.45, 2.75) is 13.5 Å². The number of aromatic nitrogens is 2. The van der Waals surface area contributed by atoms with Crippen LogP contribution in [0.15, 0.2) is 24.0 Å². The summed E-state index contributed by atoms with van der Waals surface area (Å²) in [6, 6.07) is 1.79. The molecule has 0 unspecified atom stereocenters. The van der Waals surface area contributed by atoms with E-state index in [1.807, 2.05) is 17.7 Å². The molecule has 15 heavy (non-hydrogen) atoms. The Labute approximate surface area is 90.8 Å². The molecular weight excluding hydrogens is 212 g/mol. The Morgan fingerprint density at radius 2 is 2.47 bits per heavy atom. The number of thiophene rings is 1. The van der Waals surface area contributed by atoms with Crippen molar-refractivity contribution < 1.29 is 9.90 Å². The third-order valence-electron chi connectivity index (χ3n) is 2.13. The molecule has 0 aliphatic rings. The zero-order chi connectivity index (χ0) is 10.8. The highest BCUT2D eigenvalue weighted by Gasteiger charge is 2.14. The van der Waals surface area contributed by atoms with Crippen LogP contribution in [0.1, 0.15) is 16.6 Å². The van der Waals surface area contributed by atoms with E-state index in [0.29, 0.717) is 10.4 Å². The SMILES string of the molecule is CCn1cnc(-c2ccsc2C(=O)O)c1. The third-order valence-corrected chi connectivity index (χ3v) is 3.04. The Balaban J connectivity index is 2.44. The molecule has 0 bridgehead atoms. The lowest BCUT2D eigenvalue weighted by atomic mass is 10.2. The number of imidazole rings is 1. The van der Waals surface area contributed by atoms with Crippen LogP contribution in [0.4, 0.5) is 0 Å². The first kappa shape index (κ1) is 9.92. The highest BCUT2D eigenvalue weighted by molar-refractivity contribution is 7.12. The van der Waals surface area contributed by atoms with Crippen LogP contribution >= 0.6 is 11.3 Å². The van der Waals surface area contributed by atoms with Crippen LogP contribution < -0.4 is 0 Å². The molecule has 0 amide bonds. The molecule has 1 N–H and O–H groups in total. The van der Waals surface area contributed by atoms with E-state index in [0.717, 1.165) is 12.2 Å². The summed E-state index contributed by atoms with van der Waals surface area (Å²) in [6.45, 7) is 2.84. The Morgan fingerprint density at radius 1 is 1.67 bits per heavy atom. The third kappa shape index (κ3) is 1.78. The van der Waals surface area contributed by atoms with E-state index in [2.05, 4.69) is 4.98 Å². The fourth-order valence-electron chi connectivity index (χ4n) is 1.35. The van der Waals surface area contributed by atoms with Gasteiger partial charge in [0.25, 0.3) is 0 Å². The predicted octanol–water partition coefficient (Wildman–Crippen LogP) is 2.33. The average molecular weight is 222 g/mol. The van der Waals surface area contributed by atoms with Crippen LogP contribution in [0.5, 0.6) is 0 Å². The van der Waals surface area contributed by atoms with Gasteiger partial charge in [-0.05, 0) is 18.4 Å². The molecular formula is C10H10N2O2S. The van der Waals surface area contributed by atoms with Crippen molar-refractivity contribution in [2.75, 3.05) is 0 Å². The maximum absolute atomic E-state index is 10.9. The summed E-state index contributed by atoms with van der Waals surface area (Å²) in [5.41, 5.74) is 1.41. The van der Waals surface area contributed by atoms with Crippen molar-refractivity contribution in [2.24, 2.45) is 0 Å². The summed E-state index contributed by atoms with van der Waals surface area (Å²) < 4.78 is 1.92. The number of aromatic carboxylic acids is 1. The van der Waals surface area contributed by atoms with E-state index in [1.54, 1.807) is 17.8 Å². The predicted molar refractivity (Wildman–Crippen MR) is 58.2 cm³/mol. The molecule has 0 radical (unpaired) electrons. The molecule has 78 valence electrons. The van der Waals surface area contributed by atoms with Gasteiger partial charge in [-0.2, -0.15) is 0 Å². The van der Waals surface area contributed by atoms with Crippen LogP contribution in [-0.2, 0) is 6.54 Å². The van der Waals surface area contributed by atoms with Crippen molar-refractivity contribution in [3.8, 4) is 11.3 Å². The van der Waals surface area contributed by atoms with Gasteiger partial charge in [-0.3, -0.25) is 0 Å². The van der Waals surface area contributed by atoms with Gasteiger partial charge in [0.05, 0.1) is 12.0 Å². The average Bonchev–Trinajstić information content (AvgIpc) is 2.85. The second kappa shape index (κ2) is 3.86. The van der Waals surface area contributed by atoms with Crippen LogP contribution in [0.3, 0.4) is 0 Å². The lowest BCUT2D eigenvalue weighted by Crippen LogP contribution is -1.94. The number of hydrogen-bond acceptors (Lipinski definition) is 3. The minimum absolute atomic E-state index is 0.344. The molecule has 0 saturated heterocycles. The summed E-state index contributed by atoms with van der Waals surface area (Å²) in [5, 5.41) is 10.7. The van der Waals surface area contributed by atoms with Crippen LogP contribution in [-0.4, -0.2) is 20.6 Å². The van der Waals surface area contributed by atoms with Gasteiger partial charge in [0.1, 0.15) is 4.88 Å². The molecule has 0 saturated carbocycles. The first-order valence-corrected chi connectivity index (χ1v) is 5.43. The van der Waals surface area contributed by atoms with Crippen molar-refractivity contribution in [3.63, 3.8) is 0 Å². The summed E-state index contributed by atoms with van der Waals surface area (Å²) >= 11 is 1.22. The molecule has 2 aromatic heterocycles. The smallest absolute Gasteiger partial charge is 0.346 e. The first-order valence-electron chi connectivity index (χ1n) is 4.55. The van der Waals surface area contributed by atoms with Gasteiger partial charge in [0.15, 0.2) is 0 Å². The van der Waals surface area contributed by atoms with Gasteiger partial charge >= 0.3 is 5.97 Å². The lowest BCUT2D eigenvalue weighted by Gasteiger charge is -1.94. The van der Waals surface area contributed by atoms with E-state index in [4.69, 9.17) is 5.11 Å². The van der Waals surface area contributed by atoms with Crippen molar-refractivity contribution in [3.05, 3.63) is 28.8 Å². The number of hydrogen-bond donors (Lipinski definition) is 1. The quantitative estimate of drug-likeness (QED) is 0.867. The zero-order valence-corrected chi connectivity index (χ0v) is 8.99. The molecule has 0 aliphatic carbocycles. The molecule has 0 spiro atoms. The summed E-state index contributed by atoms with van der Waals surface area (Å²) in [5.74, 6) is -0.897. The Bertz CT molecular complexity index is 487. The van der Waals surface area contributed by atoms with Gasteiger partial charge in [-0.1, -0.05) is 0 Å². The monoisotopic (exact) mass is 222 g/mol. The minimum atomic E-state index is -0.897. The summed E-state index contributed by atoms with van der Waals surface area (Å²) in [7, 11) is 0. The van der Waals surface area contributed by atoms with E-state index >= 15 is 0 Å². The van der Waals surface area contributed by atoms with Crippen molar-refractivity contribution >= 4 is 17.3 Å². The molecule has 0 aromatic carbocycles. The van der Waals surface area contributed by atoms with E-state index in [1.165, 1.54) is 11.3 Å². The molecule has 0 fully saturated rings. The van der Waals surface area contributed by atoms with Crippen LogP contribution in [0.25, 0.3) is 11.3 Å². The zero-order valence-electron chi connectivity index (χ0n) is 8.17. The first-order chi connectivity index (χ1) is 7.22. The maximum Gasteiger partial charge on any atom is 0.346 e. The normalized spacial score (nSPS) is 10.5. The number of rotatable bonds is 3. The summed E-state index contributed by atoms with van der Waals surface area (Å²) in [4.78, 5) is 15.4. The van der Waals surface area contributed by atoms with Crippen LogP contribution in [0.2, 0.25) is 0 Å². The number of carboxylic acid groups (broad SMARTS) is 1. The molecule has 4 nitrogen and oxygen atoms in total. The lowest BCUT2D eigenvalue weighted by molar-refractivity contribution is 0.0703. The van der Waals surface area contributed by atoms with E-state index < -0.39 is 5.97 Å². The molecule has 2 rings (SSSR count). The molecule has 2 aromatic rings. The second-order valence-electron chi connectivity index (χ2n) is 3.06. The Morgan fingerprint density at radius 3 is 3.07 bits per heavy atom.